The van der Waals surface area contributed by atoms with E-state index in [0.717, 1.165) is 18.1 Å². The van der Waals surface area contributed by atoms with Gasteiger partial charge in [-0.05, 0) is 19.3 Å². The van der Waals surface area contributed by atoms with E-state index in [-0.39, 0.29) is 11.2 Å². The lowest BCUT2D eigenvalue weighted by molar-refractivity contribution is -0.120. The zero-order chi connectivity index (χ0) is 12.8. The molecule has 1 rings (SSSR count). The van der Waals surface area contributed by atoms with Crippen LogP contribution in [0.4, 0.5) is 0 Å². The molecular formula is C11H20N4OS. The van der Waals surface area contributed by atoms with Gasteiger partial charge in [-0.25, -0.2) is 0 Å². The van der Waals surface area contributed by atoms with Crippen molar-refractivity contribution in [3.63, 3.8) is 0 Å². The van der Waals surface area contributed by atoms with Crippen molar-refractivity contribution in [2.75, 3.05) is 6.54 Å². The summed E-state index contributed by atoms with van der Waals surface area (Å²) < 4.78 is 1.81. The second-order valence-corrected chi connectivity index (χ2v) is 5.77. The maximum Gasteiger partial charge on any atom is 0.233 e. The topological polar surface area (TPSA) is 59.8 Å². The number of hydrogen-bond acceptors (Lipinski definition) is 4. The molecule has 1 heterocycles. The van der Waals surface area contributed by atoms with Gasteiger partial charge in [-0.1, -0.05) is 25.6 Å². The van der Waals surface area contributed by atoms with Gasteiger partial charge in [-0.2, -0.15) is 0 Å². The minimum atomic E-state index is -0.148. The second-order valence-electron chi connectivity index (χ2n) is 4.46. The van der Waals surface area contributed by atoms with Crippen LogP contribution in [0.3, 0.4) is 0 Å². The number of thioether (sulfide) groups is 1. The van der Waals surface area contributed by atoms with Gasteiger partial charge in [0, 0.05) is 13.6 Å². The van der Waals surface area contributed by atoms with Crippen LogP contribution >= 0.6 is 11.8 Å². The highest BCUT2D eigenvalue weighted by atomic mass is 32.2. The van der Waals surface area contributed by atoms with Crippen LogP contribution in [0.25, 0.3) is 0 Å². The second kappa shape index (κ2) is 6.64. The number of nitrogens with one attached hydrogen (secondary N) is 1. The van der Waals surface area contributed by atoms with E-state index in [1.165, 1.54) is 11.8 Å². The van der Waals surface area contributed by atoms with Gasteiger partial charge in [-0.3, -0.25) is 4.79 Å². The number of rotatable bonds is 6. The van der Waals surface area contributed by atoms with Gasteiger partial charge in [0.05, 0.1) is 5.25 Å². The van der Waals surface area contributed by atoms with E-state index < -0.39 is 0 Å². The lowest BCUT2D eigenvalue weighted by atomic mass is 10.1. The third-order valence-corrected chi connectivity index (χ3v) is 3.49. The van der Waals surface area contributed by atoms with Crippen molar-refractivity contribution in [3.8, 4) is 0 Å². The first-order valence-corrected chi connectivity index (χ1v) is 6.67. The molecule has 0 spiro atoms. The van der Waals surface area contributed by atoms with Crippen molar-refractivity contribution in [1.82, 2.24) is 20.1 Å². The van der Waals surface area contributed by atoms with E-state index in [1.807, 2.05) is 18.5 Å². The Morgan fingerprint density at radius 1 is 1.53 bits per heavy atom. The molecule has 1 unspecified atom stereocenters. The lowest BCUT2D eigenvalue weighted by Crippen LogP contribution is -2.32. The summed E-state index contributed by atoms with van der Waals surface area (Å²) in [6.45, 7) is 6.90. The zero-order valence-electron chi connectivity index (χ0n) is 10.8. The van der Waals surface area contributed by atoms with Crippen LogP contribution in [0.5, 0.6) is 0 Å². The molecule has 0 aliphatic heterocycles. The number of nitrogens with zero attached hydrogens (tertiary/aromatic N) is 3. The number of hydrogen-bond donors (Lipinski definition) is 1. The molecule has 96 valence electrons. The molecule has 0 aromatic carbocycles. The molecule has 6 heteroatoms. The monoisotopic (exact) mass is 256 g/mol. The predicted octanol–water partition coefficient (Wildman–Crippen LogP) is 1.46. The van der Waals surface area contributed by atoms with Crippen LogP contribution in [0.1, 0.15) is 27.2 Å². The molecule has 0 aliphatic carbocycles. The molecule has 0 saturated carbocycles. The summed E-state index contributed by atoms with van der Waals surface area (Å²) >= 11 is 1.42. The smallest absolute Gasteiger partial charge is 0.233 e. The molecule has 0 saturated heterocycles. The maximum absolute atomic E-state index is 11.8. The number of carbonyl (C=O) groups excluding carboxylic acids is 1. The van der Waals surface area contributed by atoms with E-state index >= 15 is 0 Å². The Kier molecular flexibility index (Phi) is 5.47. The molecule has 1 aromatic rings. The molecular weight excluding hydrogens is 236 g/mol. The predicted molar refractivity (Wildman–Crippen MR) is 68.8 cm³/mol. The fourth-order valence-electron chi connectivity index (χ4n) is 1.22. The number of aryl methyl sites for hydroxylation is 1. The third-order valence-electron chi connectivity index (χ3n) is 2.34. The van der Waals surface area contributed by atoms with Gasteiger partial charge in [0.2, 0.25) is 5.91 Å². The van der Waals surface area contributed by atoms with E-state index in [9.17, 15) is 4.79 Å². The van der Waals surface area contributed by atoms with Gasteiger partial charge < -0.3 is 9.88 Å². The van der Waals surface area contributed by atoms with Crippen LogP contribution in [-0.2, 0) is 11.8 Å². The summed E-state index contributed by atoms with van der Waals surface area (Å²) in [5.41, 5.74) is 0. The van der Waals surface area contributed by atoms with Gasteiger partial charge >= 0.3 is 0 Å². The minimum absolute atomic E-state index is 0.0543. The standard InChI is InChI=1S/C11H20N4OS/c1-8(2)5-6-12-10(16)9(3)17-11-14-13-7-15(11)4/h7-9H,5-6H2,1-4H3,(H,12,16). The summed E-state index contributed by atoms with van der Waals surface area (Å²) in [6, 6.07) is 0. The summed E-state index contributed by atoms with van der Waals surface area (Å²) in [4.78, 5) is 11.8. The zero-order valence-corrected chi connectivity index (χ0v) is 11.6. The minimum Gasteiger partial charge on any atom is -0.355 e. The Morgan fingerprint density at radius 2 is 2.24 bits per heavy atom. The lowest BCUT2D eigenvalue weighted by Gasteiger charge is -2.12. The van der Waals surface area contributed by atoms with E-state index in [4.69, 9.17) is 0 Å². The summed E-state index contributed by atoms with van der Waals surface area (Å²) in [5.74, 6) is 0.663. The van der Waals surface area contributed by atoms with Crippen molar-refractivity contribution < 1.29 is 4.79 Å². The van der Waals surface area contributed by atoms with Crippen molar-refractivity contribution in [3.05, 3.63) is 6.33 Å². The highest BCUT2D eigenvalue weighted by molar-refractivity contribution is 8.00. The van der Waals surface area contributed by atoms with Gasteiger partial charge in [0.25, 0.3) is 0 Å². The molecule has 0 aliphatic rings. The maximum atomic E-state index is 11.8. The average Bonchev–Trinajstić information content (AvgIpc) is 2.63. The van der Waals surface area contributed by atoms with Crippen LogP contribution in [0, 0.1) is 5.92 Å². The summed E-state index contributed by atoms with van der Waals surface area (Å²) in [6.07, 6.45) is 2.64. The Hall–Kier alpha value is -1.04. The molecule has 5 nitrogen and oxygen atoms in total. The highest BCUT2D eigenvalue weighted by Crippen LogP contribution is 2.19. The van der Waals surface area contributed by atoms with Crippen LogP contribution < -0.4 is 5.32 Å². The van der Waals surface area contributed by atoms with E-state index in [0.29, 0.717) is 5.92 Å². The first kappa shape index (κ1) is 14.0. The normalized spacial score (nSPS) is 12.8. The van der Waals surface area contributed by atoms with Gasteiger partial charge in [-0.15, -0.1) is 10.2 Å². The quantitative estimate of drug-likeness (QED) is 0.783. The van der Waals surface area contributed by atoms with Crippen molar-refractivity contribution in [1.29, 1.82) is 0 Å². The highest BCUT2D eigenvalue weighted by Gasteiger charge is 2.16. The molecule has 0 bridgehead atoms. The van der Waals surface area contributed by atoms with Crippen LogP contribution in [-0.4, -0.2) is 32.5 Å². The first-order chi connectivity index (χ1) is 8.00. The van der Waals surface area contributed by atoms with Gasteiger partial charge in [0.1, 0.15) is 6.33 Å². The van der Waals surface area contributed by atoms with Crippen molar-refractivity contribution >= 4 is 17.7 Å². The molecule has 1 amide bonds. The van der Waals surface area contributed by atoms with Crippen LogP contribution in [0.2, 0.25) is 0 Å². The Bertz CT molecular complexity index is 364. The van der Waals surface area contributed by atoms with E-state index in [2.05, 4.69) is 29.4 Å². The summed E-state index contributed by atoms with van der Waals surface area (Å²) in [5, 5.41) is 11.3. The Morgan fingerprint density at radius 3 is 2.76 bits per heavy atom. The van der Waals surface area contributed by atoms with Crippen molar-refractivity contribution in [2.24, 2.45) is 13.0 Å². The number of aromatic nitrogens is 3. The SMILES string of the molecule is CC(C)CCNC(=O)C(C)Sc1nncn1C. The molecule has 1 aromatic heterocycles. The molecule has 17 heavy (non-hydrogen) atoms. The molecule has 1 N–H and O–H groups in total. The third kappa shape index (κ3) is 4.77. The first-order valence-electron chi connectivity index (χ1n) is 5.79. The average molecular weight is 256 g/mol. The van der Waals surface area contributed by atoms with Crippen molar-refractivity contribution in [2.45, 2.75) is 37.6 Å². The number of amides is 1. The fourth-order valence-corrected chi connectivity index (χ4v) is 2.03. The molecule has 0 radical (unpaired) electrons. The molecule has 0 fully saturated rings. The Labute approximate surface area is 106 Å². The molecule has 1 atom stereocenters. The Balaban J connectivity index is 2.35. The van der Waals surface area contributed by atoms with Crippen LogP contribution in [0.15, 0.2) is 11.5 Å². The number of carbonyl (C=O) groups is 1. The van der Waals surface area contributed by atoms with Gasteiger partial charge in [0.15, 0.2) is 5.16 Å². The summed E-state index contributed by atoms with van der Waals surface area (Å²) in [7, 11) is 1.87. The van der Waals surface area contributed by atoms with E-state index in [1.54, 1.807) is 6.33 Å². The fraction of sp³-hybridized carbons (Fsp3) is 0.727. The largest absolute Gasteiger partial charge is 0.355 e.